The number of carbonyl (C=O) groups is 1. The van der Waals surface area contributed by atoms with Crippen molar-refractivity contribution < 1.29 is 35.9 Å². The van der Waals surface area contributed by atoms with Crippen LogP contribution in [0, 0.1) is 0 Å². The first-order chi connectivity index (χ1) is 6.63. The lowest BCUT2D eigenvalue weighted by atomic mass is 10.5. The molecule has 0 saturated heterocycles. The lowest BCUT2D eigenvalue weighted by Gasteiger charge is -2.09. The van der Waals surface area contributed by atoms with Crippen molar-refractivity contribution in [2.24, 2.45) is 0 Å². The molecule has 90 valence electrons. The Labute approximate surface area is 80.4 Å². The van der Waals surface area contributed by atoms with Gasteiger partial charge >= 0.3 is 18.3 Å². The van der Waals surface area contributed by atoms with Crippen molar-refractivity contribution in [1.29, 1.82) is 0 Å². The monoisotopic (exact) mass is 239 g/mol. The summed E-state index contributed by atoms with van der Waals surface area (Å²) in [6, 6.07) is 0. The molecular weight excluding hydrogens is 232 g/mol. The fourth-order valence-corrected chi connectivity index (χ4v) is 0.525. The van der Waals surface area contributed by atoms with Crippen molar-refractivity contribution >= 4 is 5.91 Å². The molecule has 0 rings (SSSR count). The van der Waals surface area contributed by atoms with Gasteiger partial charge in [0.05, 0.1) is 6.61 Å². The predicted octanol–water partition coefficient (Wildman–Crippen LogP) is 1.24. The van der Waals surface area contributed by atoms with Gasteiger partial charge in [-0.3, -0.25) is 4.79 Å². The maximum absolute atomic E-state index is 11.5. The average Bonchev–Trinajstić information content (AvgIpc) is 1.99. The smallest absolute Gasteiger partial charge is 0.370 e. The fourth-order valence-electron chi connectivity index (χ4n) is 0.525. The Kier molecular flexibility index (Phi) is 4.85. The molecule has 0 atom stereocenters. The number of carbonyl (C=O) groups excluding carboxylic acids is 1. The van der Waals surface area contributed by atoms with E-state index in [9.17, 15) is 31.1 Å². The number of alkyl halides is 6. The largest absolute Gasteiger partial charge is 0.471 e. The molecule has 0 aromatic carbocycles. The molecular formula is C6H7F6NO2. The van der Waals surface area contributed by atoms with E-state index in [0.717, 1.165) is 0 Å². The van der Waals surface area contributed by atoms with Crippen molar-refractivity contribution in [3.63, 3.8) is 0 Å². The molecule has 1 amide bonds. The van der Waals surface area contributed by atoms with Crippen LogP contribution in [0.1, 0.15) is 0 Å². The molecule has 0 aromatic rings. The highest BCUT2D eigenvalue weighted by molar-refractivity contribution is 5.81. The zero-order valence-corrected chi connectivity index (χ0v) is 7.21. The number of rotatable bonds is 4. The first-order valence-electron chi connectivity index (χ1n) is 3.62. The number of ether oxygens (including phenoxy) is 1. The summed E-state index contributed by atoms with van der Waals surface area (Å²) in [7, 11) is 0. The molecule has 0 heterocycles. The standard InChI is InChI=1S/C6H7F6NO2/c7-5(8,9)3-15-2-1-13-4(14)6(10,11)12/h1-3H2,(H,13,14). The van der Waals surface area contributed by atoms with Crippen LogP contribution in [-0.4, -0.2) is 38.0 Å². The maximum atomic E-state index is 11.5. The van der Waals surface area contributed by atoms with E-state index < -0.39 is 38.0 Å². The normalized spacial score (nSPS) is 12.7. The summed E-state index contributed by atoms with van der Waals surface area (Å²) in [5, 5.41) is 1.35. The summed E-state index contributed by atoms with van der Waals surface area (Å²) in [6.07, 6.45) is -9.57. The van der Waals surface area contributed by atoms with Gasteiger partial charge in [0, 0.05) is 6.54 Å². The van der Waals surface area contributed by atoms with Crippen LogP contribution in [0.4, 0.5) is 26.3 Å². The highest BCUT2D eigenvalue weighted by Gasteiger charge is 2.38. The molecule has 0 saturated carbocycles. The van der Waals surface area contributed by atoms with Crippen LogP contribution in [0.15, 0.2) is 0 Å². The number of hydrogen-bond acceptors (Lipinski definition) is 2. The molecule has 0 aliphatic rings. The summed E-state index contributed by atoms with van der Waals surface area (Å²) >= 11 is 0. The van der Waals surface area contributed by atoms with E-state index in [-0.39, 0.29) is 0 Å². The topological polar surface area (TPSA) is 38.3 Å². The Morgan fingerprint density at radius 1 is 1.13 bits per heavy atom. The number of nitrogens with one attached hydrogen (secondary N) is 1. The molecule has 9 heteroatoms. The van der Waals surface area contributed by atoms with Crippen LogP contribution in [0.5, 0.6) is 0 Å². The van der Waals surface area contributed by atoms with Gasteiger partial charge < -0.3 is 10.1 Å². The lowest BCUT2D eigenvalue weighted by Crippen LogP contribution is -2.38. The zero-order valence-electron chi connectivity index (χ0n) is 7.21. The second-order valence-electron chi connectivity index (χ2n) is 2.42. The fraction of sp³-hybridized carbons (Fsp3) is 0.833. The Hall–Kier alpha value is -0.990. The van der Waals surface area contributed by atoms with E-state index >= 15 is 0 Å². The molecule has 15 heavy (non-hydrogen) atoms. The molecule has 1 N–H and O–H groups in total. The number of halogens is 6. The first kappa shape index (κ1) is 14.0. The molecule has 0 radical (unpaired) electrons. The Morgan fingerprint density at radius 3 is 2.07 bits per heavy atom. The Morgan fingerprint density at radius 2 is 1.67 bits per heavy atom. The second-order valence-corrected chi connectivity index (χ2v) is 2.42. The van der Waals surface area contributed by atoms with Crippen molar-refractivity contribution in [2.75, 3.05) is 19.8 Å². The maximum Gasteiger partial charge on any atom is 0.471 e. The quantitative estimate of drug-likeness (QED) is 0.592. The summed E-state index contributed by atoms with van der Waals surface area (Å²) in [4.78, 5) is 10.1. The summed E-state index contributed by atoms with van der Waals surface area (Å²) in [5.41, 5.74) is 0. The summed E-state index contributed by atoms with van der Waals surface area (Å²) in [6.45, 7) is -2.83. The Balaban J connectivity index is 3.53. The van der Waals surface area contributed by atoms with Gasteiger partial charge in [0.15, 0.2) is 0 Å². The van der Waals surface area contributed by atoms with Gasteiger partial charge in [0.2, 0.25) is 0 Å². The van der Waals surface area contributed by atoms with Gasteiger partial charge in [-0.1, -0.05) is 0 Å². The Bertz CT molecular complexity index is 211. The SMILES string of the molecule is O=C(NCCOCC(F)(F)F)C(F)(F)F. The van der Waals surface area contributed by atoms with Crippen molar-refractivity contribution in [2.45, 2.75) is 12.4 Å². The van der Waals surface area contributed by atoms with Gasteiger partial charge in [0.25, 0.3) is 0 Å². The van der Waals surface area contributed by atoms with Crippen LogP contribution in [-0.2, 0) is 9.53 Å². The zero-order chi connectivity index (χ0) is 12.1. The predicted molar refractivity (Wildman–Crippen MR) is 35.9 cm³/mol. The van der Waals surface area contributed by atoms with Crippen molar-refractivity contribution in [1.82, 2.24) is 5.32 Å². The number of amides is 1. The molecule has 0 unspecified atom stereocenters. The first-order valence-corrected chi connectivity index (χ1v) is 3.62. The van der Waals surface area contributed by atoms with Crippen LogP contribution < -0.4 is 5.32 Å². The summed E-state index contributed by atoms with van der Waals surface area (Å²) < 4.78 is 72.8. The van der Waals surface area contributed by atoms with E-state index in [1.54, 1.807) is 0 Å². The molecule has 0 bridgehead atoms. The van der Waals surface area contributed by atoms with Crippen molar-refractivity contribution in [3.8, 4) is 0 Å². The highest BCUT2D eigenvalue weighted by atomic mass is 19.4. The van der Waals surface area contributed by atoms with E-state index in [0.29, 0.717) is 0 Å². The van der Waals surface area contributed by atoms with Gasteiger partial charge in [-0.05, 0) is 0 Å². The van der Waals surface area contributed by atoms with Crippen LogP contribution in [0.3, 0.4) is 0 Å². The van der Waals surface area contributed by atoms with Gasteiger partial charge in [-0.2, -0.15) is 26.3 Å². The molecule has 0 aliphatic heterocycles. The van der Waals surface area contributed by atoms with Gasteiger partial charge in [0.1, 0.15) is 6.61 Å². The second kappa shape index (κ2) is 5.19. The van der Waals surface area contributed by atoms with E-state index in [4.69, 9.17) is 0 Å². The molecule has 0 fully saturated rings. The van der Waals surface area contributed by atoms with Gasteiger partial charge in [-0.25, -0.2) is 0 Å². The lowest BCUT2D eigenvalue weighted by molar-refractivity contribution is -0.177. The van der Waals surface area contributed by atoms with Crippen LogP contribution in [0.2, 0.25) is 0 Å². The molecule has 0 spiro atoms. The summed E-state index contributed by atoms with van der Waals surface area (Å²) in [5.74, 6) is -2.21. The van der Waals surface area contributed by atoms with Crippen molar-refractivity contribution in [3.05, 3.63) is 0 Å². The van der Waals surface area contributed by atoms with Gasteiger partial charge in [-0.15, -0.1) is 0 Å². The van der Waals surface area contributed by atoms with Crippen LogP contribution >= 0.6 is 0 Å². The minimum absolute atomic E-state index is 0.631. The number of hydrogen-bond donors (Lipinski definition) is 1. The van der Waals surface area contributed by atoms with E-state index in [1.807, 2.05) is 0 Å². The average molecular weight is 239 g/mol. The molecule has 3 nitrogen and oxygen atoms in total. The third kappa shape index (κ3) is 8.03. The van der Waals surface area contributed by atoms with E-state index in [1.165, 1.54) is 5.32 Å². The minimum atomic E-state index is -5.04. The third-order valence-corrected chi connectivity index (χ3v) is 1.06. The minimum Gasteiger partial charge on any atom is -0.370 e. The third-order valence-electron chi connectivity index (χ3n) is 1.06. The highest BCUT2D eigenvalue weighted by Crippen LogP contribution is 2.15. The molecule has 0 aromatic heterocycles. The van der Waals surface area contributed by atoms with Crippen LogP contribution in [0.25, 0.3) is 0 Å². The molecule has 0 aliphatic carbocycles. The van der Waals surface area contributed by atoms with E-state index in [2.05, 4.69) is 4.74 Å².